The number of nitrogens with one attached hydrogen (secondary N) is 1. The number of benzene rings is 1. The molecule has 2 aromatic rings. The van der Waals surface area contributed by atoms with Crippen molar-refractivity contribution in [3.8, 4) is 0 Å². The fourth-order valence-corrected chi connectivity index (χ4v) is 1.64. The first-order valence-corrected chi connectivity index (χ1v) is 6.36. The molecule has 0 bridgehead atoms. The average Bonchev–Trinajstić information content (AvgIpc) is 2.47. The van der Waals surface area contributed by atoms with E-state index in [1.807, 2.05) is 0 Å². The maximum absolute atomic E-state index is 12.5. The normalized spacial score (nSPS) is 11.6. The van der Waals surface area contributed by atoms with Crippen molar-refractivity contribution < 1.29 is 18.0 Å². The van der Waals surface area contributed by atoms with E-state index >= 15 is 0 Å². The zero-order valence-electron chi connectivity index (χ0n) is 10.9. The van der Waals surface area contributed by atoms with Gasteiger partial charge in [-0.05, 0) is 36.4 Å². The number of alkyl halides is 3. The van der Waals surface area contributed by atoms with E-state index in [4.69, 9.17) is 11.6 Å². The summed E-state index contributed by atoms with van der Waals surface area (Å²) in [4.78, 5) is 15.4. The van der Waals surface area contributed by atoms with Gasteiger partial charge in [0.2, 0.25) is 0 Å². The highest BCUT2D eigenvalue weighted by atomic mass is 35.5. The van der Waals surface area contributed by atoms with Crippen LogP contribution in [0.1, 0.15) is 21.6 Å². The molecular weight excluding hydrogens is 319 g/mol. The predicted molar refractivity (Wildman–Crippen MR) is 75.8 cm³/mol. The number of nitrogens with zero attached hydrogens (tertiary/aromatic N) is 2. The van der Waals surface area contributed by atoms with E-state index in [0.29, 0.717) is 10.6 Å². The summed E-state index contributed by atoms with van der Waals surface area (Å²) in [5.41, 5.74) is 1.65. The van der Waals surface area contributed by atoms with E-state index in [2.05, 4.69) is 15.5 Å². The lowest BCUT2D eigenvalue weighted by Gasteiger charge is -2.05. The second-order valence-electron chi connectivity index (χ2n) is 4.17. The maximum Gasteiger partial charge on any atom is 0.416 e. The second kappa shape index (κ2) is 6.57. The average molecular weight is 328 g/mol. The van der Waals surface area contributed by atoms with Gasteiger partial charge in [0.15, 0.2) is 0 Å². The van der Waals surface area contributed by atoms with Crippen molar-refractivity contribution in [2.24, 2.45) is 5.10 Å². The van der Waals surface area contributed by atoms with E-state index in [-0.39, 0.29) is 5.69 Å². The lowest BCUT2D eigenvalue weighted by Crippen LogP contribution is -2.17. The third-order valence-corrected chi connectivity index (χ3v) is 2.83. The van der Waals surface area contributed by atoms with Gasteiger partial charge in [-0.3, -0.25) is 9.78 Å². The van der Waals surface area contributed by atoms with E-state index < -0.39 is 17.6 Å². The fourth-order valence-electron chi connectivity index (χ4n) is 1.52. The topological polar surface area (TPSA) is 54.4 Å². The monoisotopic (exact) mass is 327 g/mol. The van der Waals surface area contributed by atoms with Crippen LogP contribution in [-0.2, 0) is 6.18 Å². The van der Waals surface area contributed by atoms with Crippen LogP contribution in [0.15, 0.2) is 47.7 Å². The molecule has 0 spiro atoms. The first-order valence-electron chi connectivity index (χ1n) is 5.98. The Morgan fingerprint density at radius 3 is 2.55 bits per heavy atom. The smallest absolute Gasteiger partial charge is 0.267 e. The van der Waals surface area contributed by atoms with Gasteiger partial charge in [-0.2, -0.15) is 18.3 Å². The van der Waals surface area contributed by atoms with Gasteiger partial charge in [0.05, 0.1) is 17.5 Å². The molecule has 1 aromatic carbocycles. The first kappa shape index (κ1) is 16.0. The quantitative estimate of drug-likeness (QED) is 0.692. The number of halogens is 4. The van der Waals surface area contributed by atoms with Gasteiger partial charge < -0.3 is 0 Å². The number of hydrogen-bond donors (Lipinski definition) is 1. The molecule has 1 aromatic heterocycles. The molecule has 114 valence electrons. The lowest BCUT2D eigenvalue weighted by atomic mass is 10.2. The Labute approximate surface area is 128 Å². The van der Waals surface area contributed by atoms with E-state index in [0.717, 1.165) is 24.5 Å². The van der Waals surface area contributed by atoms with Gasteiger partial charge in [-0.25, -0.2) is 5.43 Å². The van der Waals surface area contributed by atoms with Crippen molar-refractivity contribution in [3.63, 3.8) is 0 Å². The van der Waals surface area contributed by atoms with Crippen LogP contribution in [-0.4, -0.2) is 17.1 Å². The molecular formula is C14H9ClF3N3O. The van der Waals surface area contributed by atoms with Crippen LogP contribution in [0.4, 0.5) is 13.2 Å². The largest absolute Gasteiger partial charge is 0.416 e. The predicted octanol–water partition coefficient (Wildman–Crippen LogP) is 3.52. The zero-order valence-corrected chi connectivity index (χ0v) is 11.7. The third kappa shape index (κ3) is 4.29. The summed E-state index contributed by atoms with van der Waals surface area (Å²) in [6.45, 7) is 0. The van der Waals surface area contributed by atoms with Crippen molar-refractivity contribution in [3.05, 3.63) is 64.4 Å². The maximum atomic E-state index is 12.5. The SMILES string of the molecule is O=C(N/N=C/c1cc(C(F)(F)F)ccn1)c1ccc(Cl)cc1. The number of carbonyl (C=O) groups excluding carboxylic acids is 1. The lowest BCUT2D eigenvalue weighted by molar-refractivity contribution is -0.137. The summed E-state index contributed by atoms with van der Waals surface area (Å²) in [5, 5.41) is 4.06. The molecule has 1 N–H and O–H groups in total. The first-order chi connectivity index (χ1) is 10.4. The fraction of sp³-hybridized carbons (Fsp3) is 0.0714. The Kier molecular flexibility index (Phi) is 4.77. The van der Waals surface area contributed by atoms with Crippen molar-refractivity contribution in [1.29, 1.82) is 0 Å². The van der Waals surface area contributed by atoms with Gasteiger partial charge in [-0.1, -0.05) is 11.6 Å². The van der Waals surface area contributed by atoms with E-state index in [9.17, 15) is 18.0 Å². The van der Waals surface area contributed by atoms with Crippen LogP contribution in [0.5, 0.6) is 0 Å². The van der Waals surface area contributed by atoms with Gasteiger partial charge in [0, 0.05) is 16.8 Å². The van der Waals surface area contributed by atoms with Gasteiger partial charge >= 0.3 is 6.18 Å². The number of aromatic nitrogens is 1. The highest BCUT2D eigenvalue weighted by molar-refractivity contribution is 6.30. The number of rotatable bonds is 3. The summed E-state index contributed by atoms with van der Waals surface area (Å²) in [7, 11) is 0. The summed E-state index contributed by atoms with van der Waals surface area (Å²) in [6.07, 6.45) is -2.41. The molecule has 2 rings (SSSR count). The number of hydrazone groups is 1. The molecule has 0 saturated heterocycles. The number of carbonyl (C=O) groups is 1. The highest BCUT2D eigenvalue weighted by Crippen LogP contribution is 2.28. The van der Waals surface area contributed by atoms with Crippen LogP contribution in [0, 0.1) is 0 Å². The van der Waals surface area contributed by atoms with Crippen molar-refractivity contribution in [2.75, 3.05) is 0 Å². The molecule has 0 saturated carbocycles. The summed E-state index contributed by atoms with van der Waals surface area (Å²) < 4.78 is 37.6. The number of pyridine rings is 1. The summed E-state index contributed by atoms with van der Waals surface area (Å²) in [5.74, 6) is -0.514. The molecule has 4 nitrogen and oxygen atoms in total. The van der Waals surface area contributed by atoms with Crippen molar-refractivity contribution in [1.82, 2.24) is 10.4 Å². The second-order valence-corrected chi connectivity index (χ2v) is 4.61. The van der Waals surface area contributed by atoms with Gasteiger partial charge in [0.25, 0.3) is 5.91 Å². The van der Waals surface area contributed by atoms with Crippen LogP contribution >= 0.6 is 11.6 Å². The summed E-state index contributed by atoms with van der Waals surface area (Å²) in [6, 6.07) is 7.75. The third-order valence-electron chi connectivity index (χ3n) is 2.58. The minimum atomic E-state index is -4.46. The molecule has 0 aliphatic heterocycles. The van der Waals surface area contributed by atoms with E-state index in [1.165, 1.54) is 24.3 Å². The van der Waals surface area contributed by atoms with Crippen LogP contribution in [0.25, 0.3) is 0 Å². The molecule has 0 aliphatic carbocycles. The standard InChI is InChI=1S/C14H9ClF3N3O/c15-11-3-1-9(2-4-11)13(22)21-20-8-12-7-10(5-6-19-12)14(16,17)18/h1-8H,(H,21,22)/b20-8+. The zero-order chi connectivity index (χ0) is 16.2. The molecule has 8 heteroatoms. The van der Waals surface area contributed by atoms with Crippen molar-refractivity contribution >= 4 is 23.7 Å². The molecule has 0 aliphatic rings. The Morgan fingerprint density at radius 1 is 1.23 bits per heavy atom. The molecule has 1 heterocycles. The minimum Gasteiger partial charge on any atom is -0.267 e. The van der Waals surface area contributed by atoms with E-state index in [1.54, 1.807) is 0 Å². The van der Waals surface area contributed by atoms with Crippen LogP contribution in [0.3, 0.4) is 0 Å². The van der Waals surface area contributed by atoms with Crippen LogP contribution < -0.4 is 5.43 Å². The van der Waals surface area contributed by atoms with Crippen molar-refractivity contribution in [2.45, 2.75) is 6.18 Å². The Bertz CT molecular complexity index is 699. The van der Waals surface area contributed by atoms with Gasteiger partial charge in [0.1, 0.15) is 0 Å². The summed E-state index contributed by atoms with van der Waals surface area (Å²) >= 11 is 5.69. The molecule has 22 heavy (non-hydrogen) atoms. The Morgan fingerprint density at radius 2 is 1.91 bits per heavy atom. The number of amides is 1. The van der Waals surface area contributed by atoms with Gasteiger partial charge in [-0.15, -0.1) is 0 Å². The minimum absolute atomic E-state index is 0.0220. The van der Waals surface area contributed by atoms with Crippen LogP contribution in [0.2, 0.25) is 5.02 Å². The molecule has 0 fully saturated rings. The Balaban J connectivity index is 2.03. The molecule has 0 unspecified atom stereocenters. The number of hydrogen-bond acceptors (Lipinski definition) is 3. The molecule has 0 atom stereocenters. The molecule has 0 radical (unpaired) electrons. The Hall–Kier alpha value is -2.41. The highest BCUT2D eigenvalue weighted by Gasteiger charge is 2.30. The molecule has 1 amide bonds.